The molecule has 0 spiro atoms. The second kappa shape index (κ2) is 4.40. The molecule has 0 radical (unpaired) electrons. The van der Waals surface area contributed by atoms with Crippen LogP contribution in [0.4, 0.5) is 0 Å². The van der Waals surface area contributed by atoms with Crippen LogP contribution in [0.1, 0.15) is 27.2 Å². The molecular weight excluding hydrogens is 212 g/mol. The van der Waals surface area contributed by atoms with Crippen molar-refractivity contribution >= 4 is 17.5 Å². The highest BCUT2D eigenvalue weighted by Crippen LogP contribution is 2.31. The van der Waals surface area contributed by atoms with E-state index in [4.69, 9.17) is 11.6 Å². The maximum Gasteiger partial charge on any atom is 0.224 e. The van der Waals surface area contributed by atoms with Gasteiger partial charge in [0, 0.05) is 18.8 Å². The molecule has 0 bridgehead atoms. The molecule has 84 valence electrons. The largest absolute Gasteiger partial charge is 0.324 e. The van der Waals surface area contributed by atoms with Gasteiger partial charge in [-0.1, -0.05) is 13.8 Å². The van der Waals surface area contributed by atoms with E-state index in [-0.39, 0.29) is 17.7 Å². The SMILES string of the molecule is CC(C)C(C)(C#N)N1CC(CCl)CC1=O. The lowest BCUT2D eigenvalue weighted by atomic mass is 9.88. The number of nitrogens with zero attached hydrogens (tertiary/aromatic N) is 2. The summed E-state index contributed by atoms with van der Waals surface area (Å²) < 4.78 is 0. The van der Waals surface area contributed by atoms with E-state index < -0.39 is 5.54 Å². The Morgan fingerprint density at radius 3 is 2.67 bits per heavy atom. The van der Waals surface area contributed by atoms with Gasteiger partial charge in [-0.2, -0.15) is 5.26 Å². The standard InChI is InChI=1S/C11H17ClN2O/c1-8(2)11(3,7-13)14-6-9(5-12)4-10(14)15/h8-9H,4-6H2,1-3H3. The van der Waals surface area contributed by atoms with Crippen molar-refractivity contribution in [2.24, 2.45) is 11.8 Å². The van der Waals surface area contributed by atoms with Crippen LogP contribution in [0, 0.1) is 23.2 Å². The number of hydrogen-bond acceptors (Lipinski definition) is 2. The third kappa shape index (κ3) is 2.10. The highest BCUT2D eigenvalue weighted by molar-refractivity contribution is 6.18. The molecule has 0 aromatic rings. The third-order valence-electron chi connectivity index (χ3n) is 3.33. The van der Waals surface area contributed by atoms with E-state index in [1.807, 2.05) is 20.8 Å². The van der Waals surface area contributed by atoms with Crippen molar-refractivity contribution in [1.29, 1.82) is 5.26 Å². The van der Waals surface area contributed by atoms with Gasteiger partial charge in [-0.05, 0) is 18.8 Å². The molecule has 1 aliphatic heterocycles. The molecule has 1 fully saturated rings. The van der Waals surface area contributed by atoms with E-state index in [0.717, 1.165) is 0 Å². The van der Waals surface area contributed by atoms with Crippen molar-refractivity contribution < 1.29 is 4.79 Å². The normalized spacial score (nSPS) is 25.5. The summed E-state index contributed by atoms with van der Waals surface area (Å²) in [6.45, 7) is 6.37. The zero-order valence-corrected chi connectivity index (χ0v) is 10.2. The lowest BCUT2D eigenvalue weighted by Gasteiger charge is -2.36. The van der Waals surface area contributed by atoms with E-state index in [1.54, 1.807) is 4.90 Å². The van der Waals surface area contributed by atoms with Crippen molar-refractivity contribution in [2.75, 3.05) is 12.4 Å². The molecular formula is C11H17ClN2O. The maximum absolute atomic E-state index is 11.8. The first-order valence-electron chi connectivity index (χ1n) is 5.23. The van der Waals surface area contributed by atoms with Crippen LogP contribution < -0.4 is 0 Å². The first kappa shape index (κ1) is 12.3. The molecule has 0 saturated carbocycles. The number of rotatable bonds is 3. The fourth-order valence-corrected chi connectivity index (χ4v) is 2.04. The highest BCUT2D eigenvalue weighted by atomic mass is 35.5. The maximum atomic E-state index is 11.8. The quantitative estimate of drug-likeness (QED) is 0.694. The first-order chi connectivity index (χ1) is 6.95. The Balaban J connectivity index is 2.89. The monoisotopic (exact) mass is 228 g/mol. The van der Waals surface area contributed by atoms with Gasteiger partial charge in [0.1, 0.15) is 5.54 Å². The topological polar surface area (TPSA) is 44.1 Å². The van der Waals surface area contributed by atoms with Gasteiger partial charge in [0.15, 0.2) is 0 Å². The van der Waals surface area contributed by atoms with Gasteiger partial charge < -0.3 is 4.90 Å². The number of carbonyl (C=O) groups excluding carboxylic acids is 1. The number of alkyl halides is 1. The molecule has 0 aromatic heterocycles. The predicted molar refractivity (Wildman–Crippen MR) is 59.4 cm³/mol. The predicted octanol–water partition coefficient (Wildman–Crippen LogP) is 2.01. The average Bonchev–Trinajstić information content (AvgIpc) is 2.58. The summed E-state index contributed by atoms with van der Waals surface area (Å²) >= 11 is 5.75. The molecule has 4 heteroatoms. The Bertz CT molecular complexity index is 297. The zero-order valence-electron chi connectivity index (χ0n) is 9.46. The summed E-state index contributed by atoms with van der Waals surface area (Å²) in [5, 5.41) is 9.22. The van der Waals surface area contributed by atoms with Crippen LogP contribution in [-0.2, 0) is 4.79 Å². The van der Waals surface area contributed by atoms with Crippen molar-refractivity contribution in [2.45, 2.75) is 32.7 Å². The number of halogens is 1. The smallest absolute Gasteiger partial charge is 0.224 e. The van der Waals surface area contributed by atoms with Crippen LogP contribution in [0.3, 0.4) is 0 Å². The lowest BCUT2D eigenvalue weighted by Crippen LogP contribution is -2.50. The van der Waals surface area contributed by atoms with Gasteiger partial charge in [0.25, 0.3) is 0 Å². The van der Waals surface area contributed by atoms with Crippen LogP contribution in [0.5, 0.6) is 0 Å². The second-order valence-electron chi connectivity index (χ2n) is 4.64. The number of hydrogen-bond donors (Lipinski definition) is 0. The molecule has 15 heavy (non-hydrogen) atoms. The van der Waals surface area contributed by atoms with Gasteiger partial charge in [0.2, 0.25) is 5.91 Å². The fourth-order valence-electron chi connectivity index (χ4n) is 1.83. The number of carbonyl (C=O) groups is 1. The van der Waals surface area contributed by atoms with Crippen LogP contribution in [-0.4, -0.2) is 28.8 Å². The molecule has 3 nitrogen and oxygen atoms in total. The lowest BCUT2D eigenvalue weighted by molar-refractivity contribution is -0.132. The minimum absolute atomic E-state index is 0.0541. The van der Waals surface area contributed by atoms with Crippen molar-refractivity contribution in [3.05, 3.63) is 0 Å². The number of nitriles is 1. The van der Waals surface area contributed by atoms with Gasteiger partial charge in [-0.3, -0.25) is 4.79 Å². The van der Waals surface area contributed by atoms with Gasteiger partial charge in [-0.25, -0.2) is 0 Å². The molecule has 1 amide bonds. The molecule has 2 atom stereocenters. The van der Waals surface area contributed by atoms with Crippen molar-refractivity contribution in [3.63, 3.8) is 0 Å². The Kier molecular flexibility index (Phi) is 3.62. The van der Waals surface area contributed by atoms with Gasteiger partial charge in [-0.15, -0.1) is 11.6 Å². The fraction of sp³-hybridized carbons (Fsp3) is 0.818. The first-order valence-corrected chi connectivity index (χ1v) is 5.76. The van der Waals surface area contributed by atoms with Crippen molar-refractivity contribution in [1.82, 2.24) is 4.90 Å². The van der Waals surface area contributed by atoms with Gasteiger partial charge in [0.05, 0.1) is 6.07 Å². The summed E-state index contributed by atoms with van der Waals surface area (Å²) in [4.78, 5) is 13.5. The molecule has 1 saturated heterocycles. The van der Waals surface area contributed by atoms with Crippen LogP contribution in [0.25, 0.3) is 0 Å². The van der Waals surface area contributed by atoms with E-state index >= 15 is 0 Å². The summed E-state index contributed by atoms with van der Waals surface area (Å²) in [5.41, 5.74) is -0.697. The van der Waals surface area contributed by atoms with Crippen LogP contribution >= 0.6 is 11.6 Å². The minimum Gasteiger partial charge on any atom is -0.324 e. The summed E-state index contributed by atoms with van der Waals surface area (Å²) in [6.07, 6.45) is 0.480. The molecule has 1 aliphatic rings. The number of amides is 1. The summed E-state index contributed by atoms with van der Waals surface area (Å²) in [7, 11) is 0. The van der Waals surface area contributed by atoms with Crippen LogP contribution in [0.15, 0.2) is 0 Å². The Morgan fingerprint density at radius 1 is 1.73 bits per heavy atom. The Morgan fingerprint density at radius 2 is 2.33 bits per heavy atom. The summed E-state index contributed by atoms with van der Waals surface area (Å²) in [6, 6.07) is 2.26. The molecule has 1 heterocycles. The molecule has 0 aromatic carbocycles. The zero-order chi connectivity index (χ0) is 11.6. The molecule has 1 rings (SSSR count). The molecule has 0 aliphatic carbocycles. The second-order valence-corrected chi connectivity index (χ2v) is 4.95. The minimum atomic E-state index is -0.697. The van der Waals surface area contributed by atoms with E-state index in [2.05, 4.69) is 6.07 Å². The molecule has 0 N–H and O–H groups in total. The van der Waals surface area contributed by atoms with Crippen molar-refractivity contribution in [3.8, 4) is 6.07 Å². The third-order valence-corrected chi connectivity index (χ3v) is 3.77. The molecule has 2 unspecified atom stereocenters. The average molecular weight is 229 g/mol. The van der Waals surface area contributed by atoms with E-state index in [9.17, 15) is 10.1 Å². The Labute approximate surface area is 96.0 Å². The van der Waals surface area contributed by atoms with Gasteiger partial charge >= 0.3 is 0 Å². The van der Waals surface area contributed by atoms with Crippen LogP contribution in [0.2, 0.25) is 0 Å². The van der Waals surface area contributed by atoms with E-state index in [1.165, 1.54) is 0 Å². The summed E-state index contributed by atoms with van der Waals surface area (Å²) in [5.74, 6) is 0.867. The number of likely N-dealkylation sites (tertiary alicyclic amines) is 1. The Hall–Kier alpha value is -0.750. The highest BCUT2D eigenvalue weighted by Gasteiger charge is 2.43. The van der Waals surface area contributed by atoms with E-state index in [0.29, 0.717) is 18.8 Å².